The predicted octanol–water partition coefficient (Wildman–Crippen LogP) is 0.836. The van der Waals surface area contributed by atoms with E-state index in [-0.39, 0.29) is 18.2 Å². The maximum atomic E-state index is 12.0. The number of amides is 2. The lowest BCUT2D eigenvalue weighted by atomic mass is 10.1. The van der Waals surface area contributed by atoms with Crippen LogP contribution < -0.4 is 10.6 Å². The molecule has 0 bridgehead atoms. The molecule has 0 radical (unpaired) electrons. The van der Waals surface area contributed by atoms with Crippen LogP contribution in [0.2, 0.25) is 0 Å². The number of hydrogen-bond donors (Lipinski definition) is 1. The Morgan fingerprint density at radius 2 is 2.11 bits per heavy atom. The van der Waals surface area contributed by atoms with Crippen LogP contribution in [0.5, 0.6) is 0 Å². The molecule has 2 fully saturated rings. The molecule has 2 amide bonds. The molecule has 6 nitrogen and oxygen atoms in total. The Hall–Kier alpha value is -1.85. The summed E-state index contributed by atoms with van der Waals surface area (Å²) in [6.45, 7) is 0.382. The third-order valence-electron chi connectivity index (χ3n) is 4.12. The highest BCUT2D eigenvalue weighted by Gasteiger charge is 2.36. The minimum atomic E-state index is -0.400. The van der Waals surface area contributed by atoms with Gasteiger partial charge in [0.05, 0.1) is 18.2 Å². The number of anilines is 1. The van der Waals surface area contributed by atoms with E-state index in [2.05, 4.69) is 5.10 Å². The third-order valence-corrected chi connectivity index (χ3v) is 4.12. The first kappa shape index (κ1) is 12.2. The molecular formula is C13H18N4O2. The third kappa shape index (κ3) is 2.11. The van der Waals surface area contributed by atoms with Crippen LogP contribution in [0.25, 0.3) is 0 Å². The average molecular weight is 262 g/mol. The maximum Gasteiger partial charge on any atom is 0.229 e. The fraction of sp³-hybridized carbons (Fsp3) is 0.615. The quantitative estimate of drug-likeness (QED) is 0.876. The lowest BCUT2D eigenvalue weighted by molar-refractivity contribution is -0.123. The van der Waals surface area contributed by atoms with Crippen molar-refractivity contribution in [3.63, 3.8) is 0 Å². The number of carbonyl (C=O) groups excluding carboxylic acids is 2. The molecule has 102 valence electrons. The van der Waals surface area contributed by atoms with Gasteiger partial charge in [-0.1, -0.05) is 12.8 Å². The number of hydrogen-bond acceptors (Lipinski definition) is 3. The molecule has 1 unspecified atom stereocenters. The molecule has 2 heterocycles. The van der Waals surface area contributed by atoms with Crippen molar-refractivity contribution in [2.24, 2.45) is 11.7 Å². The molecule has 6 heteroatoms. The van der Waals surface area contributed by atoms with Gasteiger partial charge in [-0.15, -0.1) is 0 Å². The molecular weight excluding hydrogens is 244 g/mol. The first-order chi connectivity index (χ1) is 9.16. The number of nitrogens with zero attached hydrogens (tertiary/aromatic N) is 3. The van der Waals surface area contributed by atoms with Crippen molar-refractivity contribution in [3.05, 3.63) is 12.3 Å². The Labute approximate surface area is 111 Å². The van der Waals surface area contributed by atoms with E-state index in [1.807, 2.05) is 10.7 Å². The fourth-order valence-electron chi connectivity index (χ4n) is 3.07. The monoisotopic (exact) mass is 262 g/mol. The smallest absolute Gasteiger partial charge is 0.229 e. The second-order valence-electron chi connectivity index (χ2n) is 5.38. The van der Waals surface area contributed by atoms with E-state index in [1.54, 1.807) is 11.1 Å². The summed E-state index contributed by atoms with van der Waals surface area (Å²) in [6, 6.07) is 2.23. The van der Waals surface area contributed by atoms with Gasteiger partial charge >= 0.3 is 0 Å². The van der Waals surface area contributed by atoms with E-state index in [0.29, 0.717) is 12.6 Å². The molecule has 1 saturated heterocycles. The van der Waals surface area contributed by atoms with Gasteiger partial charge in [0, 0.05) is 19.0 Å². The summed E-state index contributed by atoms with van der Waals surface area (Å²) < 4.78 is 1.94. The highest BCUT2D eigenvalue weighted by atomic mass is 16.2. The topological polar surface area (TPSA) is 81.2 Å². The lowest BCUT2D eigenvalue weighted by Crippen LogP contribution is -2.30. The van der Waals surface area contributed by atoms with Crippen LogP contribution in [-0.2, 0) is 9.59 Å². The van der Waals surface area contributed by atoms with Crippen molar-refractivity contribution in [3.8, 4) is 0 Å². The minimum Gasteiger partial charge on any atom is -0.369 e. The van der Waals surface area contributed by atoms with E-state index in [9.17, 15) is 9.59 Å². The van der Waals surface area contributed by atoms with Gasteiger partial charge in [0.2, 0.25) is 11.8 Å². The average Bonchev–Trinajstić information content (AvgIpc) is 3.07. The van der Waals surface area contributed by atoms with Crippen molar-refractivity contribution in [2.75, 3.05) is 11.4 Å². The Morgan fingerprint density at radius 1 is 1.37 bits per heavy atom. The van der Waals surface area contributed by atoms with Gasteiger partial charge in [0.25, 0.3) is 0 Å². The highest BCUT2D eigenvalue weighted by molar-refractivity contribution is 5.99. The molecule has 1 aliphatic carbocycles. The van der Waals surface area contributed by atoms with Gasteiger partial charge in [0.15, 0.2) is 0 Å². The summed E-state index contributed by atoms with van der Waals surface area (Å²) in [4.78, 5) is 24.9. The molecule has 1 aliphatic heterocycles. The molecule has 2 N–H and O–H groups in total. The van der Waals surface area contributed by atoms with Crippen LogP contribution in [0.3, 0.4) is 0 Å². The minimum absolute atomic E-state index is 0.0384. The van der Waals surface area contributed by atoms with Gasteiger partial charge in [-0.25, -0.2) is 4.68 Å². The number of primary amides is 1. The Balaban J connectivity index is 1.84. The summed E-state index contributed by atoms with van der Waals surface area (Å²) in [6.07, 6.45) is 6.57. The normalized spacial score (nSPS) is 24.3. The highest BCUT2D eigenvalue weighted by Crippen LogP contribution is 2.34. The summed E-state index contributed by atoms with van der Waals surface area (Å²) in [7, 11) is 0. The molecule has 1 aromatic heterocycles. The van der Waals surface area contributed by atoms with Crippen LogP contribution in [0, 0.1) is 5.92 Å². The summed E-state index contributed by atoms with van der Waals surface area (Å²) in [5.74, 6) is -0.00796. The molecule has 2 aliphatic rings. The van der Waals surface area contributed by atoms with Crippen molar-refractivity contribution in [1.82, 2.24) is 9.78 Å². The van der Waals surface area contributed by atoms with Crippen molar-refractivity contribution in [2.45, 2.75) is 38.1 Å². The number of carbonyl (C=O) groups is 2. The number of aromatic nitrogens is 2. The summed E-state index contributed by atoms with van der Waals surface area (Å²) in [5, 5.41) is 4.35. The molecule has 1 atom stereocenters. The van der Waals surface area contributed by atoms with Crippen LogP contribution >= 0.6 is 0 Å². The van der Waals surface area contributed by atoms with E-state index >= 15 is 0 Å². The fourth-order valence-corrected chi connectivity index (χ4v) is 3.07. The SMILES string of the molecule is NC(=O)C1CC(=O)N(c2ccnn2C2CCCC2)C1. The van der Waals surface area contributed by atoms with E-state index < -0.39 is 5.91 Å². The lowest BCUT2D eigenvalue weighted by Gasteiger charge is -2.21. The van der Waals surface area contributed by atoms with E-state index in [4.69, 9.17) is 5.73 Å². The molecule has 19 heavy (non-hydrogen) atoms. The zero-order valence-corrected chi connectivity index (χ0v) is 10.8. The zero-order valence-electron chi connectivity index (χ0n) is 10.8. The van der Waals surface area contributed by atoms with Gasteiger partial charge in [-0.2, -0.15) is 5.10 Å². The number of rotatable bonds is 3. The molecule has 1 aromatic rings. The van der Waals surface area contributed by atoms with Crippen LogP contribution in [0.4, 0.5) is 5.82 Å². The first-order valence-corrected chi connectivity index (χ1v) is 6.80. The van der Waals surface area contributed by atoms with Gasteiger partial charge in [0.1, 0.15) is 5.82 Å². The number of nitrogens with two attached hydrogens (primary N) is 1. The largest absolute Gasteiger partial charge is 0.369 e. The second kappa shape index (κ2) is 4.68. The standard InChI is InChI=1S/C13H18N4O2/c14-13(19)9-7-12(18)16(8-9)11-5-6-15-17(11)10-3-1-2-4-10/h5-6,9-10H,1-4,7-8H2,(H2,14,19). The van der Waals surface area contributed by atoms with Crippen LogP contribution in [-0.4, -0.2) is 28.1 Å². The van der Waals surface area contributed by atoms with Crippen molar-refractivity contribution in [1.29, 1.82) is 0 Å². The summed E-state index contributed by atoms with van der Waals surface area (Å²) >= 11 is 0. The van der Waals surface area contributed by atoms with Gasteiger partial charge in [-0.3, -0.25) is 14.5 Å². The van der Waals surface area contributed by atoms with Gasteiger partial charge < -0.3 is 5.73 Å². The van der Waals surface area contributed by atoms with Crippen molar-refractivity contribution >= 4 is 17.6 Å². The Morgan fingerprint density at radius 3 is 2.74 bits per heavy atom. The Bertz CT molecular complexity index is 504. The molecule has 1 saturated carbocycles. The molecule has 3 rings (SSSR count). The molecule has 0 aromatic carbocycles. The van der Waals surface area contributed by atoms with E-state index in [1.165, 1.54) is 12.8 Å². The van der Waals surface area contributed by atoms with E-state index in [0.717, 1.165) is 18.7 Å². The molecule has 0 spiro atoms. The summed E-state index contributed by atoms with van der Waals surface area (Å²) in [5.41, 5.74) is 5.30. The van der Waals surface area contributed by atoms with Crippen LogP contribution in [0.1, 0.15) is 38.1 Å². The zero-order chi connectivity index (χ0) is 13.4. The Kier molecular flexibility index (Phi) is 3.00. The van der Waals surface area contributed by atoms with Crippen molar-refractivity contribution < 1.29 is 9.59 Å². The first-order valence-electron chi connectivity index (χ1n) is 6.80. The van der Waals surface area contributed by atoms with Gasteiger partial charge in [-0.05, 0) is 12.8 Å². The maximum absolute atomic E-state index is 12.0. The predicted molar refractivity (Wildman–Crippen MR) is 69.4 cm³/mol. The second-order valence-corrected chi connectivity index (χ2v) is 5.38. The van der Waals surface area contributed by atoms with Crippen LogP contribution in [0.15, 0.2) is 12.3 Å².